The number of Topliss-reactive ketones (excluding diaryl/α,β-unsaturated/α-hetero) is 1. The molecule has 0 bridgehead atoms. The Morgan fingerprint density at radius 1 is 1.07 bits per heavy atom. The normalized spacial score (nSPS) is 18.4. The second-order valence-electron chi connectivity index (χ2n) is 6.75. The van der Waals surface area contributed by atoms with Crippen molar-refractivity contribution in [2.45, 2.75) is 13.0 Å². The van der Waals surface area contributed by atoms with Gasteiger partial charge in [-0.25, -0.2) is 0 Å². The largest absolute Gasteiger partial charge is 0.507 e. The van der Waals surface area contributed by atoms with Gasteiger partial charge in [-0.15, -0.1) is 0 Å². The summed E-state index contributed by atoms with van der Waals surface area (Å²) in [5.41, 5.74) is 2.16. The summed E-state index contributed by atoms with van der Waals surface area (Å²) in [7, 11) is 0. The fourth-order valence-corrected chi connectivity index (χ4v) is 3.42. The lowest BCUT2D eigenvalue weighted by Gasteiger charge is -2.25. The molecule has 1 fully saturated rings. The van der Waals surface area contributed by atoms with Crippen molar-refractivity contribution in [1.29, 1.82) is 0 Å². The maximum atomic E-state index is 12.8. The van der Waals surface area contributed by atoms with E-state index in [4.69, 9.17) is 21.4 Å². The summed E-state index contributed by atoms with van der Waals surface area (Å²) >= 11 is 5.99. The van der Waals surface area contributed by atoms with E-state index in [9.17, 15) is 14.7 Å². The molecule has 0 saturated carbocycles. The predicted molar refractivity (Wildman–Crippen MR) is 110 cm³/mol. The first-order chi connectivity index (χ1) is 13.9. The number of aryl methyl sites for hydroxylation is 1. The summed E-state index contributed by atoms with van der Waals surface area (Å²) in [4.78, 5) is 26.9. The first-order valence-electron chi connectivity index (χ1n) is 9.23. The van der Waals surface area contributed by atoms with E-state index in [0.717, 1.165) is 5.56 Å². The Bertz CT molecular complexity index is 921. The van der Waals surface area contributed by atoms with Crippen LogP contribution in [0.2, 0.25) is 5.02 Å². The van der Waals surface area contributed by atoms with Crippen LogP contribution in [0.15, 0.2) is 54.1 Å². The average Bonchev–Trinajstić information content (AvgIpc) is 2.96. The Morgan fingerprint density at radius 2 is 1.72 bits per heavy atom. The highest BCUT2D eigenvalue weighted by Crippen LogP contribution is 2.39. The molecule has 7 heteroatoms. The van der Waals surface area contributed by atoms with Crippen molar-refractivity contribution in [2.75, 3.05) is 26.4 Å². The van der Waals surface area contributed by atoms with Gasteiger partial charge in [-0.3, -0.25) is 9.59 Å². The van der Waals surface area contributed by atoms with Crippen molar-refractivity contribution in [1.82, 2.24) is 4.90 Å². The van der Waals surface area contributed by atoms with E-state index in [1.54, 1.807) is 36.4 Å². The highest BCUT2D eigenvalue weighted by atomic mass is 35.5. The number of aliphatic hydroxyl groups excluding tert-OH is 2. The molecule has 29 heavy (non-hydrogen) atoms. The second kappa shape index (κ2) is 9.22. The van der Waals surface area contributed by atoms with Crippen molar-refractivity contribution < 1.29 is 24.5 Å². The van der Waals surface area contributed by atoms with Crippen LogP contribution in [0.25, 0.3) is 5.76 Å². The summed E-state index contributed by atoms with van der Waals surface area (Å²) in [6.07, 6.45) is 0. The maximum absolute atomic E-state index is 12.8. The number of hydrogen-bond donors (Lipinski definition) is 2. The van der Waals surface area contributed by atoms with Crippen LogP contribution in [0.4, 0.5) is 0 Å². The van der Waals surface area contributed by atoms with E-state index in [1.807, 2.05) is 19.1 Å². The number of nitrogens with zero attached hydrogens (tertiary/aromatic N) is 1. The first kappa shape index (κ1) is 21.0. The number of halogens is 1. The van der Waals surface area contributed by atoms with E-state index in [1.165, 1.54) is 4.90 Å². The minimum absolute atomic E-state index is 0.0309. The highest BCUT2D eigenvalue weighted by molar-refractivity contribution is 6.46. The Labute approximate surface area is 174 Å². The number of benzene rings is 2. The van der Waals surface area contributed by atoms with Crippen LogP contribution >= 0.6 is 11.6 Å². The Hall–Kier alpha value is -2.67. The molecule has 1 aliphatic rings. The van der Waals surface area contributed by atoms with Crippen LogP contribution in [0, 0.1) is 6.92 Å². The molecule has 2 aromatic rings. The molecule has 1 saturated heterocycles. The molecule has 1 amide bonds. The smallest absolute Gasteiger partial charge is 0.295 e. The van der Waals surface area contributed by atoms with Crippen LogP contribution in [-0.4, -0.2) is 53.2 Å². The van der Waals surface area contributed by atoms with E-state index >= 15 is 0 Å². The number of carbonyl (C=O) groups is 2. The number of rotatable bonds is 7. The van der Waals surface area contributed by atoms with E-state index in [2.05, 4.69) is 0 Å². The van der Waals surface area contributed by atoms with Crippen molar-refractivity contribution in [2.24, 2.45) is 0 Å². The van der Waals surface area contributed by atoms with E-state index in [0.29, 0.717) is 16.1 Å². The van der Waals surface area contributed by atoms with E-state index < -0.39 is 17.7 Å². The van der Waals surface area contributed by atoms with Gasteiger partial charge in [-0.2, -0.15) is 0 Å². The van der Waals surface area contributed by atoms with Gasteiger partial charge in [0.25, 0.3) is 11.7 Å². The number of hydrogen-bond acceptors (Lipinski definition) is 5. The van der Waals surface area contributed by atoms with Crippen molar-refractivity contribution in [3.8, 4) is 0 Å². The molecule has 1 aliphatic heterocycles. The topological polar surface area (TPSA) is 87.1 Å². The van der Waals surface area contributed by atoms with E-state index in [-0.39, 0.29) is 37.7 Å². The van der Waals surface area contributed by atoms with Crippen LogP contribution in [0.1, 0.15) is 22.7 Å². The molecule has 0 aliphatic carbocycles. The summed E-state index contributed by atoms with van der Waals surface area (Å²) in [6.45, 7) is 2.22. The zero-order chi connectivity index (χ0) is 21.0. The molecule has 1 atom stereocenters. The van der Waals surface area contributed by atoms with Gasteiger partial charge in [0.1, 0.15) is 5.76 Å². The lowest BCUT2D eigenvalue weighted by atomic mass is 9.95. The fourth-order valence-electron chi connectivity index (χ4n) is 3.30. The third kappa shape index (κ3) is 4.50. The van der Waals surface area contributed by atoms with Crippen molar-refractivity contribution in [3.63, 3.8) is 0 Å². The number of ether oxygens (including phenoxy) is 1. The Balaban J connectivity index is 2.05. The van der Waals surface area contributed by atoms with Gasteiger partial charge in [-0.1, -0.05) is 53.6 Å². The lowest BCUT2D eigenvalue weighted by Crippen LogP contribution is -2.33. The third-order valence-electron chi connectivity index (χ3n) is 4.76. The molecule has 6 nitrogen and oxygen atoms in total. The molecule has 0 radical (unpaired) electrons. The zero-order valence-corrected chi connectivity index (χ0v) is 16.7. The summed E-state index contributed by atoms with van der Waals surface area (Å²) < 4.78 is 5.27. The number of likely N-dealkylation sites (tertiary alicyclic amines) is 1. The molecule has 2 N–H and O–H groups in total. The molecule has 2 aromatic carbocycles. The lowest BCUT2D eigenvalue weighted by molar-refractivity contribution is -0.140. The monoisotopic (exact) mass is 415 g/mol. The highest BCUT2D eigenvalue weighted by Gasteiger charge is 2.45. The Morgan fingerprint density at radius 3 is 2.34 bits per heavy atom. The van der Waals surface area contributed by atoms with Gasteiger partial charge >= 0.3 is 0 Å². The molecule has 0 aromatic heterocycles. The fraction of sp³-hybridized carbons (Fsp3) is 0.273. The van der Waals surface area contributed by atoms with Crippen LogP contribution in [0.5, 0.6) is 0 Å². The second-order valence-corrected chi connectivity index (χ2v) is 7.18. The average molecular weight is 416 g/mol. The molecular weight excluding hydrogens is 394 g/mol. The minimum atomic E-state index is -0.758. The van der Waals surface area contributed by atoms with Gasteiger partial charge in [0.05, 0.1) is 31.4 Å². The van der Waals surface area contributed by atoms with Crippen LogP contribution in [0.3, 0.4) is 0 Å². The van der Waals surface area contributed by atoms with Crippen molar-refractivity contribution in [3.05, 3.63) is 75.8 Å². The van der Waals surface area contributed by atoms with Gasteiger partial charge in [0.2, 0.25) is 0 Å². The van der Waals surface area contributed by atoms with Crippen molar-refractivity contribution >= 4 is 29.1 Å². The van der Waals surface area contributed by atoms with Gasteiger partial charge in [0, 0.05) is 17.1 Å². The summed E-state index contributed by atoms with van der Waals surface area (Å²) in [6, 6.07) is 13.1. The molecule has 1 unspecified atom stereocenters. The molecule has 152 valence electrons. The number of carbonyl (C=O) groups excluding carboxylic acids is 2. The van der Waals surface area contributed by atoms with Gasteiger partial charge in [0.15, 0.2) is 0 Å². The van der Waals surface area contributed by atoms with Crippen LogP contribution in [-0.2, 0) is 14.3 Å². The SMILES string of the molecule is Cc1ccc(/C(O)=C2\C(=O)C(=O)N(CCOCCO)C2c2ccc(Cl)cc2)cc1. The first-order valence-corrected chi connectivity index (χ1v) is 9.61. The molecular formula is C22H22ClNO5. The van der Waals surface area contributed by atoms with Crippen LogP contribution < -0.4 is 0 Å². The maximum Gasteiger partial charge on any atom is 0.295 e. The zero-order valence-electron chi connectivity index (χ0n) is 16.0. The quantitative estimate of drug-likeness (QED) is 0.314. The van der Waals surface area contributed by atoms with Gasteiger partial charge in [-0.05, 0) is 24.6 Å². The Kier molecular flexibility index (Phi) is 6.69. The third-order valence-corrected chi connectivity index (χ3v) is 5.01. The predicted octanol–water partition coefficient (Wildman–Crippen LogP) is 3.08. The standard InChI is InChI=1S/C22H22ClNO5/c1-14-2-4-16(5-3-14)20(26)18-19(15-6-8-17(23)9-7-15)24(22(28)21(18)27)10-12-29-13-11-25/h2-9,19,25-26H,10-13H2,1H3/b20-18+. The molecule has 3 rings (SSSR count). The number of amides is 1. The number of ketones is 1. The molecule has 0 spiro atoms. The number of aliphatic hydroxyl groups is 2. The molecule has 1 heterocycles. The van der Waals surface area contributed by atoms with Gasteiger partial charge < -0.3 is 19.8 Å². The summed E-state index contributed by atoms with van der Waals surface area (Å²) in [5.74, 6) is -1.67. The minimum Gasteiger partial charge on any atom is -0.507 e. The summed E-state index contributed by atoms with van der Waals surface area (Å²) in [5, 5.41) is 20.3.